The van der Waals surface area contributed by atoms with Crippen LogP contribution in [0.4, 0.5) is 9.18 Å². The Bertz CT molecular complexity index is 893. The Labute approximate surface area is 163 Å². The number of benzene rings is 2. The summed E-state index contributed by atoms with van der Waals surface area (Å²) in [4.78, 5) is 25.6. The van der Waals surface area contributed by atoms with E-state index in [9.17, 15) is 14.0 Å². The van der Waals surface area contributed by atoms with Crippen molar-refractivity contribution in [3.8, 4) is 0 Å². The number of nitrogens with zero attached hydrogens (tertiary/aromatic N) is 1. The molecule has 2 aromatic carbocycles. The molecule has 28 heavy (non-hydrogen) atoms. The van der Waals surface area contributed by atoms with Gasteiger partial charge in [0.2, 0.25) is 5.91 Å². The Morgan fingerprint density at radius 3 is 2.64 bits per heavy atom. The van der Waals surface area contributed by atoms with Gasteiger partial charge in [-0.2, -0.15) is 0 Å². The maximum Gasteiger partial charge on any atom is 0.409 e. The Balaban J connectivity index is 1.64. The van der Waals surface area contributed by atoms with Crippen LogP contribution in [0, 0.1) is 5.82 Å². The molecule has 5 nitrogen and oxygen atoms in total. The van der Waals surface area contributed by atoms with Crippen LogP contribution in [0.2, 0.25) is 0 Å². The van der Waals surface area contributed by atoms with E-state index in [-0.39, 0.29) is 23.9 Å². The number of rotatable bonds is 4. The molecule has 1 atom stereocenters. The van der Waals surface area contributed by atoms with Crippen LogP contribution >= 0.6 is 0 Å². The molecule has 3 rings (SSSR count). The van der Waals surface area contributed by atoms with Crippen molar-refractivity contribution in [1.82, 2.24) is 10.2 Å². The third-order valence-corrected chi connectivity index (χ3v) is 4.83. The molecule has 0 aromatic heterocycles. The smallest absolute Gasteiger partial charge is 0.409 e. The highest BCUT2D eigenvalue weighted by Gasteiger charge is 2.22. The molecule has 0 radical (unpaired) electrons. The summed E-state index contributed by atoms with van der Waals surface area (Å²) in [6.07, 6.45) is 3.53. The summed E-state index contributed by atoms with van der Waals surface area (Å²) in [7, 11) is 1.38. The normalized spacial score (nSPS) is 14.5. The summed E-state index contributed by atoms with van der Waals surface area (Å²) in [5.74, 6) is -0.542. The SMILES string of the molecule is COC(=O)N1CCc2ccc(C(C)NC(=O)C=Cc3ccc(F)cc3)cc2C1. The Hall–Kier alpha value is -3.15. The number of amides is 2. The maximum absolute atomic E-state index is 12.9. The van der Waals surface area contributed by atoms with Crippen molar-refractivity contribution in [3.63, 3.8) is 0 Å². The van der Waals surface area contributed by atoms with Crippen molar-refractivity contribution in [3.05, 3.63) is 76.6 Å². The second-order valence-corrected chi connectivity index (χ2v) is 6.78. The van der Waals surface area contributed by atoms with E-state index in [0.717, 1.165) is 23.1 Å². The van der Waals surface area contributed by atoms with E-state index in [2.05, 4.69) is 11.4 Å². The average Bonchev–Trinajstić information content (AvgIpc) is 2.71. The average molecular weight is 382 g/mol. The minimum atomic E-state index is -0.330. The van der Waals surface area contributed by atoms with E-state index in [4.69, 9.17) is 4.74 Å². The van der Waals surface area contributed by atoms with Crippen molar-refractivity contribution >= 4 is 18.1 Å². The van der Waals surface area contributed by atoms with Crippen molar-refractivity contribution in [2.24, 2.45) is 0 Å². The van der Waals surface area contributed by atoms with Crippen molar-refractivity contribution in [2.75, 3.05) is 13.7 Å². The van der Waals surface area contributed by atoms with Gasteiger partial charge >= 0.3 is 6.09 Å². The van der Waals surface area contributed by atoms with Crippen LogP contribution in [-0.2, 0) is 22.5 Å². The van der Waals surface area contributed by atoms with E-state index in [1.54, 1.807) is 23.1 Å². The molecule has 0 aliphatic carbocycles. The number of methoxy groups -OCH3 is 1. The molecule has 146 valence electrons. The third-order valence-electron chi connectivity index (χ3n) is 4.83. The molecular weight excluding hydrogens is 359 g/mol. The van der Waals surface area contributed by atoms with Gasteiger partial charge < -0.3 is 15.0 Å². The molecule has 1 unspecified atom stereocenters. The second kappa shape index (κ2) is 8.69. The van der Waals surface area contributed by atoms with Crippen molar-refractivity contribution in [2.45, 2.75) is 25.9 Å². The van der Waals surface area contributed by atoms with Crippen molar-refractivity contribution < 1.29 is 18.7 Å². The largest absolute Gasteiger partial charge is 0.453 e. The quantitative estimate of drug-likeness (QED) is 0.818. The highest BCUT2D eigenvalue weighted by atomic mass is 19.1. The molecule has 1 heterocycles. The molecule has 2 aromatic rings. The van der Waals surface area contributed by atoms with Crippen LogP contribution in [0.25, 0.3) is 6.08 Å². The van der Waals surface area contributed by atoms with E-state index in [1.807, 2.05) is 19.1 Å². The Morgan fingerprint density at radius 1 is 1.18 bits per heavy atom. The van der Waals surface area contributed by atoms with Crippen LogP contribution in [-0.4, -0.2) is 30.6 Å². The fourth-order valence-corrected chi connectivity index (χ4v) is 3.22. The van der Waals surface area contributed by atoms with E-state index in [0.29, 0.717) is 13.1 Å². The van der Waals surface area contributed by atoms with Gasteiger partial charge in [0.15, 0.2) is 0 Å². The van der Waals surface area contributed by atoms with Gasteiger partial charge in [-0.1, -0.05) is 30.3 Å². The lowest BCUT2D eigenvalue weighted by Crippen LogP contribution is -2.36. The van der Waals surface area contributed by atoms with Crippen LogP contribution in [0.15, 0.2) is 48.5 Å². The number of halogens is 1. The lowest BCUT2D eigenvalue weighted by molar-refractivity contribution is -0.117. The van der Waals surface area contributed by atoms with Crippen LogP contribution in [0.5, 0.6) is 0 Å². The standard InChI is InChI=1S/C22H23FN2O3/c1-15(24-21(26)10-5-16-3-8-20(23)9-4-16)18-7-6-17-11-12-25(22(27)28-2)14-19(17)13-18/h3-10,13,15H,11-12,14H2,1-2H3,(H,24,26). The Morgan fingerprint density at radius 2 is 1.93 bits per heavy atom. The summed E-state index contributed by atoms with van der Waals surface area (Å²) < 4.78 is 17.7. The molecule has 0 bridgehead atoms. The van der Waals surface area contributed by atoms with Gasteiger partial charge in [-0.05, 0) is 53.8 Å². The predicted octanol–water partition coefficient (Wildman–Crippen LogP) is 3.84. The number of hydrogen-bond acceptors (Lipinski definition) is 3. The van der Waals surface area contributed by atoms with E-state index < -0.39 is 0 Å². The monoisotopic (exact) mass is 382 g/mol. The molecule has 1 aliphatic rings. The fourth-order valence-electron chi connectivity index (χ4n) is 3.22. The molecular formula is C22H23FN2O3. The number of carbonyl (C=O) groups excluding carboxylic acids is 2. The first-order chi connectivity index (χ1) is 13.5. The number of nitrogens with one attached hydrogen (secondary N) is 1. The number of fused-ring (bicyclic) bond motifs is 1. The number of carbonyl (C=O) groups is 2. The molecule has 0 saturated heterocycles. The van der Waals surface area contributed by atoms with Gasteiger partial charge in [0, 0.05) is 19.2 Å². The minimum Gasteiger partial charge on any atom is -0.453 e. The van der Waals surface area contributed by atoms with Crippen LogP contribution in [0.1, 0.15) is 35.2 Å². The Kier molecular flexibility index (Phi) is 6.09. The lowest BCUT2D eigenvalue weighted by Gasteiger charge is -2.28. The lowest BCUT2D eigenvalue weighted by atomic mass is 9.95. The van der Waals surface area contributed by atoms with Gasteiger partial charge in [-0.15, -0.1) is 0 Å². The topological polar surface area (TPSA) is 58.6 Å². The molecule has 0 spiro atoms. The first kappa shape index (κ1) is 19.6. The number of hydrogen-bond donors (Lipinski definition) is 1. The van der Waals surface area contributed by atoms with Gasteiger partial charge in [0.05, 0.1) is 13.2 Å². The zero-order chi connectivity index (χ0) is 20.1. The summed E-state index contributed by atoms with van der Waals surface area (Å²) in [6.45, 7) is 3.05. The zero-order valence-corrected chi connectivity index (χ0v) is 15.9. The molecule has 6 heteroatoms. The summed E-state index contributed by atoms with van der Waals surface area (Å²) in [5, 5.41) is 2.92. The molecule has 0 fully saturated rings. The molecule has 2 amide bonds. The number of ether oxygens (including phenoxy) is 1. The van der Waals surface area contributed by atoms with Crippen LogP contribution in [0.3, 0.4) is 0 Å². The molecule has 1 aliphatic heterocycles. The predicted molar refractivity (Wildman–Crippen MR) is 105 cm³/mol. The first-order valence-electron chi connectivity index (χ1n) is 9.15. The first-order valence-corrected chi connectivity index (χ1v) is 9.15. The highest BCUT2D eigenvalue weighted by Crippen LogP contribution is 2.23. The fraction of sp³-hybridized carbons (Fsp3) is 0.273. The van der Waals surface area contributed by atoms with Gasteiger partial charge in [-0.25, -0.2) is 9.18 Å². The second-order valence-electron chi connectivity index (χ2n) is 6.78. The molecule has 0 saturated carbocycles. The maximum atomic E-state index is 12.9. The minimum absolute atomic E-state index is 0.191. The highest BCUT2D eigenvalue weighted by molar-refractivity contribution is 5.91. The van der Waals surface area contributed by atoms with Crippen molar-refractivity contribution in [1.29, 1.82) is 0 Å². The summed E-state index contributed by atoms with van der Waals surface area (Å²) in [6, 6.07) is 11.8. The third kappa shape index (κ3) is 4.76. The summed E-state index contributed by atoms with van der Waals surface area (Å²) in [5.41, 5.74) is 3.99. The van der Waals surface area contributed by atoms with E-state index in [1.165, 1.54) is 30.9 Å². The molecule has 1 N–H and O–H groups in total. The van der Waals surface area contributed by atoms with Gasteiger partial charge in [-0.3, -0.25) is 4.79 Å². The zero-order valence-electron chi connectivity index (χ0n) is 15.9. The van der Waals surface area contributed by atoms with E-state index >= 15 is 0 Å². The van der Waals surface area contributed by atoms with Crippen LogP contribution < -0.4 is 5.32 Å². The van der Waals surface area contributed by atoms with Gasteiger partial charge in [0.1, 0.15) is 5.82 Å². The summed E-state index contributed by atoms with van der Waals surface area (Å²) >= 11 is 0. The van der Waals surface area contributed by atoms with Gasteiger partial charge in [0.25, 0.3) is 0 Å².